The molecule has 0 bridgehead atoms. The van der Waals surface area contributed by atoms with Crippen molar-refractivity contribution in [2.75, 3.05) is 4.90 Å². The van der Waals surface area contributed by atoms with Crippen molar-refractivity contribution in [2.24, 2.45) is 0 Å². The third-order valence-electron chi connectivity index (χ3n) is 8.13. The van der Waals surface area contributed by atoms with Gasteiger partial charge in [-0.2, -0.15) is 10.5 Å². The molecule has 0 aliphatic heterocycles. The molecule has 7 aromatic carbocycles. The highest BCUT2D eigenvalue weighted by Crippen LogP contribution is 2.44. The standard InChI is InChI=1S/C42H27N3/c43-28-31(29-44)27-30-19-21-32(22-20-30)41-37-15-7-9-17-39(37)42(40-18-10-8-16-38(40)41)33-23-25-36(26-24-33)45(34-11-3-1-4-12-34)35-13-5-2-6-14-35/h1-27H. The lowest BCUT2D eigenvalue weighted by molar-refractivity contribution is 1.28. The summed E-state index contributed by atoms with van der Waals surface area (Å²) in [6, 6.07) is 58.9. The van der Waals surface area contributed by atoms with Gasteiger partial charge >= 0.3 is 0 Å². The maximum atomic E-state index is 9.18. The van der Waals surface area contributed by atoms with Crippen LogP contribution in [0.15, 0.2) is 163 Å². The van der Waals surface area contributed by atoms with Crippen LogP contribution >= 0.6 is 0 Å². The highest BCUT2D eigenvalue weighted by Gasteiger charge is 2.17. The fourth-order valence-corrected chi connectivity index (χ4v) is 6.13. The third kappa shape index (κ3) is 5.21. The van der Waals surface area contributed by atoms with Crippen molar-refractivity contribution in [1.29, 1.82) is 10.5 Å². The topological polar surface area (TPSA) is 50.8 Å². The number of nitrogens with zero attached hydrogens (tertiary/aromatic N) is 3. The number of fused-ring (bicyclic) bond motifs is 2. The Morgan fingerprint density at radius 1 is 0.422 bits per heavy atom. The molecule has 0 heterocycles. The zero-order valence-corrected chi connectivity index (χ0v) is 24.4. The van der Waals surface area contributed by atoms with E-state index in [4.69, 9.17) is 0 Å². The molecule has 0 saturated carbocycles. The molecule has 0 radical (unpaired) electrons. The smallest absolute Gasteiger partial charge is 0.130 e. The molecule has 0 aliphatic rings. The molecular weight excluding hydrogens is 546 g/mol. The Labute approximate surface area is 262 Å². The molecule has 0 atom stereocenters. The number of nitriles is 2. The van der Waals surface area contributed by atoms with Crippen LogP contribution in [-0.4, -0.2) is 0 Å². The third-order valence-corrected chi connectivity index (χ3v) is 8.13. The molecule has 0 aliphatic carbocycles. The van der Waals surface area contributed by atoms with Gasteiger partial charge in [-0.25, -0.2) is 0 Å². The van der Waals surface area contributed by atoms with Gasteiger partial charge in [0.1, 0.15) is 17.7 Å². The monoisotopic (exact) mass is 573 g/mol. The van der Waals surface area contributed by atoms with Crippen molar-refractivity contribution in [3.63, 3.8) is 0 Å². The number of rotatable bonds is 6. The predicted molar refractivity (Wildman–Crippen MR) is 186 cm³/mol. The van der Waals surface area contributed by atoms with Crippen LogP contribution in [0, 0.1) is 22.7 Å². The van der Waals surface area contributed by atoms with Crippen molar-refractivity contribution in [2.45, 2.75) is 0 Å². The van der Waals surface area contributed by atoms with E-state index in [1.165, 1.54) is 27.1 Å². The van der Waals surface area contributed by atoms with Gasteiger partial charge in [-0.05, 0) is 91.8 Å². The Balaban J connectivity index is 1.38. The fraction of sp³-hybridized carbons (Fsp3) is 0. The van der Waals surface area contributed by atoms with Gasteiger partial charge in [0.2, 0.25) is 0 Å². The summed E-state index contributed by atoms with van der Waals surface area (Å²) >= 11 is 0. The number of hydrogen-bond acceptors (Lipinski definition) is 3. The van der Waals surface area contributed by atoms with Gasteiger partial charge in [0, 0.05) is 17.1 Å². The van der Waals surface area contributed by atoms with Crippen LogP contribution in [-0.2, 0) is 0 Å². The maximum absolute atomic E-state index is 9.18. The minimum atomic E-state index is 0.0877. The summed E-state index contributed by atoms with van der Waals surface area (Å²) in [6.45, 7) is 0. The van der Waals surface area contributed by atoms with E-state index in [9.17, 15) is 10.5 Å². The summed E-state index contributed by atoms with van der Waals surface area (Å²) in [7, 11) is 0. The van der Waals surface area contributed by atoms with E-state index in [2.05, 4.69) is 138 Å². The van der Waals surface area contributed by atoms with E-state index < -0.39 is 0 Å². The minimum Gasteiger partial charge on any atom is -0.311 e. The Morgan fingerprint density at radius 2 is 0.778 bits per heavy atom. The lowest BCUT2D eigenvalue weighted by Crippen LogP contribution is -2.09. The summed E-state index contributed by atoms with van der Waals surface area (Å²) in [5.74, 6) is 0. The average molecular weight is 574 g/mol. The van der Waals surface area contributed by atoms with Gasteiger partial charge in [-0.15, -0.1) is 0 Å². The molecule has 45 heavy (non-hydrogen) atoms. The number of hydrogen-bond donors (Lipinski definition) is 0. The summed E-state index contributed by atoms with van der Waals surface area (Å²) in [4.78, 5) is 2.28. The second-order valence-electron chi connectivity index (χ2n) is 10.8. The highest BCUT2D eigenvalue weighted by molar-refractivity contribution is 6.21. The van der Waals surface area contributed by atoms with E-state index in [0.717, 1.165) is 39.3 Å². The fourth-order valence-electron chi connectivity index (χ4n) is 6.13. The number of allylic oxidation sites excluding steroid dienone is 1. The van der Waals surface area contributed by atoms with E-state index in [0.29, 0.717) is 0 Å². The Bertz CT molecular complexity index is 2140. The minimum absolute atomic E-state index is 0.0877. The first kappa shape index (κ1) is 27.4. The van der Waals surface area contributed by atoms with Crippen LogP contribution < -0.4 is 4.90 Å². The van der Waals surface area contributed by atoms with Crippen molar-refractivity contribution in [3.8, 4) is 34.4 Å². The first-order chi connectivity index (χ1) is 22.2. The van der Waals surface area contributed by atoms with Crippen LogP contribution in [0.2, 0.25) is 0 Å². The van der Waals surface area contributed by atoms with Gasteiger partial charge in [0.15, 0.2) is 0 Å². The number of para-hydroxylation sites is 2. The molecule has 210 valence electrons. The normalized spacial score (nSPS) is 10.6. The highest BCUT2D eigenvalue weighted by atomic mass is 15.1. The summed E-state index contributed by atoms with van der Waals surface area (Å²) in [5.41, 5.74) is 8.81. The molecule has 0 unspecified atom stereocenters. The maximum Gasteiger partial charge on any atom is 0.130 e. The van der Waals surface area contributed by atoms with E-state index >= 15 is 0 Å². The Morgan fingerprint density at radius 3 is 1.18 bits per heavy atom. The average Bonchev–Trinajstić information content (AvgIpc) is 3.11. The molecule has 0 fully saturated rings. The first-order valence-electron chi connectivity index (χ1n) is 14.8. The lowest BCUT2D eigenvalue weighted by Gasteiger charge is -2.25. The second kappa shape index (κ2) is 12.1. The number of benzene rings is 7. The zero-order chi connectivity index (χ0) is 30.6. The van der Waals surface area contributed by atoms with Crippen LogP contribution in [0.4, 0.5) is 17.1 Å². The molecule has 7 aromatic rings. The summed E-state index contributed by atoms with van der Waals surface area (Å²) < 4.78 is 0. The molecular formula is C42H27N3. The van der Waals surface area contributed by atoms with Gasteiger partial charge in [0.05, 0.1) is 0 Å². The largest absolute Gasteiger partial charge is 0.311 e. The molecule has 0 N–H and O–H groups in total. The molecule has 7 rings (SSSR count). The molecule has 0 saturated heterocycles. The van der Waals surface area contributed by atoms with Crippen LogP contribution in [0.1, 0.15) is 5.56 Å². The summed E-state index contributed by atoms with van der Waals surface area (Å²) in [5, 5.41) is 23.1. The molecule has 3 nitrogen and oxygen atoms in total. The van der Waals surface area contributed by atoms with Gasteiger partial charge in [-0.1, -0.05) is 121 Å². The quantitative estimate of drug-likeness (QED) is 0.147. The second-order valence-corrected chi connectivity index (χ2v) is 10.8. The Kier molecular flexibility index (Phi) is 7.35. The zero-order valence-electron chi connectivity index (χ0n) is 24.4. The number of anilines is 3. The van der Waals surface area contributed by atoms with Crippen molar-refractivity contribution >= 4 is 44.7 Å². The van der Waals surface area contributed by atoms with Crippen molar-refractivity contribution in [1.82, 2.24) is 0 Å². The predicted octanol–water partition coefficient (Wildman–Crippen LogP) is 11.2. The van der Waals surface area contributed by atoms with E-state index in [-0.39, 0.29) is 5.57 Å². The lowest BCUT2D eigenvalue weighted by atomic mass is 9.86. The van der Waals surface area contributed by atoms with Gasteiger partial charge < -0.3 is 4.90 Å². The van der Waals surface area contributed by atoms with Gasteiger partial charge in [0.25, 0.3) is 0 Å². The van der Waals surface area contributed by atoms with Crippen molar-refractivity contribution in [3.05, 3.63) is 169 Å². The molecule has 0 amide bonds. The van der Waals surface area contributed by atoms with Crippen LogP contribution in [0.3, 0.4) is 0 Å². The summed E-state index contributed by atoms with van der Waals surface area (Å²) in [6.07, 6.45) is 1.61. The SMILES string of the molecule is N#CC(C#N)=Cc1ccc(-c2c3ccccc3c(-c3ccc(N(c4ccccc4)c4ccccc4)cc3)c3ccccc23)cc1. The van der Waals surface area contributed by atoms with Crippen LogP contribution in [0.25, 0.3) is 49.9 Å². The molecule has 0 spiro atoms. The van der Waals surface area contributed by atoms with Gasteiger partial charge in [-0.3, -0.25) is 0 Å². The van der Waals surface area contributed by atoms with E-state index in [1.54, 1.807) is 6.08 Å². The Hall–Kier alpha value is -6.42. The van der Waals surface area contributed by atoms with Crippen molar-refractivity contribution < 1.29 is 0 Å². The van der Waals surface area contributed by atoms with E-state index in [1.807, 2.05) is 36.4 Å². The molecule has 3 heteroatoms. The van der Waals surface area contributed by atoms with Crippen LogP contribution in [0.5, 0.6) is 0 Å². The molecule has 0 aromatic heterocycles. The first-order valence-corrected chi connectivity index (χ1v) is 14.8.